The Bertz CT molecular complexity index is 568. The Balaban J connectivity index is 1.70. The molecule has 0 amide bonds. The Hall–Kier alpha value is -0.800. The molecule has 0 saturated carbocycles. The number of fused-ring (bicyclic) bond motifs is 1. The number of rotatable bonds is 3. The smallest absolute Gasteiger partial charge is 0.0410 e. The maximum atomic E-state index is 4.19. The molecule has 1 heterocycles. The zero-order chi connectivity index (χ0) is 12.4. The van der Waals surface area contributed by atoms with Crippen molar-refractivity contribution in [3.63, 3.8) is 0 Å². The minimum Gasteiger partial charge on any atom is -0.263 e. The van der Waals surface area contributed by atoms with Gasteiger partial charge in [0, 0.05) is 27.5 Å². The molecule has 3 heteroatoms. The molecular weight excluding hydrogens is 306 g/mol. The molecule has 0 fully saturated rings. The molecule has 1 aliphatic rings. The van der Waals surface area contributed by atoms with Crippen LogP contribution >= 0.6 is 27.7 Å². The van der Waals surface area contributed by atoms with Crippen LogP contribution in [0.4, 0.5) is 0 Å². The maximum absolute atomic E-state index is 4.19. The minimum atomic E-state index is 0.977. The average molecular weight is 320 g/mol. The number of thioether (sulfide) groups is 1. The lowest BCUT2D eigenvalue weighted by Gasteiger charge is -2.05. The molecule has 1 aromatic heterocycles. The van der Waals surface area contributed by atoms with Crippen molar-refractivity contribution in [3.05, 3.63) is 57.8 Å². The van der Waals surface area contributed by atoms with Gasteiger partial charge in [-0.2, -0.15) is 0 Å². The Morgan fingerprint density at radius 2 is 2.00 bits per heavy atom. The molecule has 0 aliphatic heterocycles. The lowest BCUT2D eigenvalue weighted by molar-refractivity contribution is 0.911. The number of aryl methyl sites for hydroxylation is 2. The van der Waals surface area contributed by atoms with Gasteiger partial charge in [0.2, 0.25) is 0 Å². The fourth-order valence-corrected chi connectivity index (χ4v) is 3.63. The Kier molecular flexibility index (Phi) is 3.71. The number of hydrogen-bond donors (Lipinski definition) is 0. The third-order valence-corrected chi connectivity index (χ3v) is 4.74. The fourth-order valence-electron chi connectivity index (χ4n) is 2.34. The molecule has 1 nitrogen and oxygen atoms in total. The second-order valence-electron chi connectivity index (χ2n) is 4.58. The standard InChI is InChI=1S/C15H14BrNS/c16-14-6-11(8-17-9-14)10-18-15-5-4-12-2-1-3-13(12)7-15/h4-9H,1-3,10H2. The molecule has 0 radical (unpaired) electrons. The molecule has 92 valence electrons. The third kappa shape index (κ3) is 2.78. The van der Waals surface area contributed by atoms with Crippen molar-refractivity contribution in [1.29, 1.82) is 0 Å². The first kappa shape index (κ1) is 12.2. The van der Waals surface area contributed by atoms with Crippen LogP contribution in [0.2, 0.25) is 0 Å². The maximum Gasteiger partial charge on any atom is 0.0410 e. The number of hydrogen-bond acceptors (Lipinski definition) is 2. The summed E-state index contributed by atoms with van der Waals surface area (Å²) in [5, 5.41) is 0. The van der Waals surface area contributed by atoms with Gasteiger partial charge in [-0.1, -0.05) is 6.07 Å². The molecule has 0 bridgehead atoms. The second kappa shape index (κ2) is 5.45. The van der Waals surface area contributed by atoms with Crippen LogP contribution in [-0.4, -0.2) is 4.98 Å². The molecular formula is C15H14BrNS. The first-order valence-electron chi connectivity index (χ1n) is 6.15. The highest BCUT2D eigenvalue weighted by Crippen LogP contribution is 2.29. The Labute approximate surface area is 120 Å². The zero-order valence-electron chi connectivity index (χ0n) is 10.0. The SMILES string of the molecule is Brc1cncc(CSc2ccc3c(c2)CCC3)c1. The summed E-state index contributed by atoms with van der Waals surface area (Å²) in [5.41, 5.74) is 4.35. The largest absolute Gasteiger partial charge is 0.263 e. The van der Waals surface area contributed by atoms with Crippen LogP contribution in [0.5, 0.6) is 0 Å². The van der Waals surface area contributed by atoms with Crippen LogP contribution < -0.4 is 0 Å². The molecule has 0 unspecified atom stereocenters. The van der Waals surface area contributed by atoms with Gasteiger partial charge in [0.25, 0.3) is 0 Å². The van der Waals surface area contributed by atoms with E-state index >= 15 is 0 Å². The van der Waals surface area contributed by atoms with Gasteiger partial charge in [-0.15, -0.1) is 11.8 Å². The lowest BCUT2D eigenvalue weighted by Crippen LogP contribution is -1.85. The highest BCUT2D eigenvalue weighted by atomic mass is 79.9. The Morgan fingerprint density at radius 3 is 2.89 bits per heavy atom. The van der Waals surface area contributed by atoms with Crippen molar-refractivity contribution in [1.82, 2.24) is 4.98 Å². The van der Waals surface area contributed by atoms with Gasteiger partial charge in [0.15, 0.2) is 0 Å². The predicted octanol–water partition coefficient (Wildman–Crippen LogP) is 4.63. The Morgan fingerprint density at radius 1 is 1.11 bits per heavy atom. The molecule has 0 saturated heterocycles. The molecule has 1 aromatic carbocycles. The van der Waals surface area contributed by atoms with Gasteiger partial charge in [-0.25, -0.2) is 0 Å². The monoisotopic (exact) mass is 319 g/mol. The van der Waals surface area contributed by atoms with Crippen LogP contribution in [0.1, 0.15) is 23.1 Å². The fraction of sp³-hybridized carbons (Fsp3) is 0.267. The normalized spacial score (nSPS) is 13.6. The van der Waals surface area contributed by atoms with E-state index in [2.05, 4.69) is 45.2 Å². The van der Waals surface area contributed by atoms with Gasteiger partial charge in [-0.05, 0) is 70.1 Å². The summed E-state index contributed by atoms with van der Waals surface area (Å²) < 4.78 is 1.05. The first-order valence-corrected chi connectivity index (χ1v) is 7.93. The van der Waals surface area contributed by atoms with Gasteiger partial charge < -0.3 is 0 Å². The number of pyridine rings is 1. The lowest BCUT2D eigenvalue weighted by atomic mass is 10.1. The van der Waals surface area contributed by atoms with Crippen molar-refractivity contribution in [2.75, 3.05) is 0 Å². The van der Waals surface area contributed by atoms with E-state index in [4.69, 9.17) is 0 Å². The number of halogens is 1. The van der Waals surface area contributed by atoms with Crippen LogP contribution in [-0.2, 0) is 18.6 Å². The second-order valence-corrected chi connectivity index (χ2v) is 6.55. The van der Waals surface area contributed by atoms with E-state index in [0.717, 1.165) is 10.2 Å². The zero-order valence-corrected chi connectivity index (χ0v) is 12.4. The summed E-state index contributed by atoms with van der Waals surface area (Å²) in [4.78, 5) is 5.57. The summed E-state index contributed by atoms with van der Waals surface area (Å²) in [6.45, 7) is 0. The van der Waals surface area contributed by atoms with E-state index in [0.29, 0.717) is 0 Å². The van der Waals surface area contributed by atoms with Crippen molar-refractivity contribution in [3.8, 4) is 0 Å². The molecule has 0 atom stereocenters. The molecule has 2 aromatic rings. The van der Waals surface area contributed by atoms with Crippen LogP contribution in [0.25, 0.3) is 0 Å². The van der Waals surface area contributed by atoms with Crippen LogP contribution in [0.3, 0.4) is 0 Å². The van der Waals surface area contributed by atoms with Crippen molar-refractivity contribution >= 4 is 27.7 Å². The van der Waals surface area contributed by atoms with E-state index in [1.54, 1.807) is 11.1 Å². The van der Waals surface area contributed by atoms with Crippen LogP contribution in [0.15, 0.2) is 46.0 Å². The molecule has 0 N–H and O–H groups in total. The number of nitrogens with zero attached hydrogens (tertiary/aromatic N) is 1. The van der Waals surface area contributed by atoms with Crippen molar-refractivity contribution in [2.45, 2.75) is 29.9 Å². The first-order chi connectivity index (χ1) is 8.81. The molecule has 18 heavy (non-hydrogen) atoms. The molecule has 0 spiro atoms. The topological polar surface area (TPSA) is 12.9 Å². The van der Waals surface area contributed by atoms with E-state index in [1.807, 2.05) is 24.2 Å². The summed E-state index contributed by atoms with van der Waals surface area (Å²) in [6, 6.07) is 9.04. The highest BCUT2D eigenvalue weighted by Gasteiger charge is 2.10. The molecule has 1 aliphatic carbocycles. The summed E-state index contributed by atoms with van der Waals surface area (Å²) in [6.07, 6.45) is 7.59. The van der Waals surface area contributed by atoms with Gasteiger partial charge in [-0.3, -0.25) is 4.98 Å². The quantitative estimate of drug-likeness (QED) is 0.765. The van der Waals surface area contributed by atoms with Crippen molar-refractivity contribution in [2.24, 2.45) is 0 Å². The van der Waals surface area contributed by atoms with Crippen LogP contribution in [0, 0.1) is 0 Å². The summed E-state index contributed by atoms with van der Waals surface area (Å²) in [5.74, 6) is 0.977. The summed E-state index contributed by atoms with van der Waals surface area (Å²) in [7, 11) is 0. The highest BCUT2D eigenvalue weighted by molar-refractivity contribution is 9.10. The van der Waals surface area contributed by atoms with Crippen molar-refractivity contribution < 1.29 is 0 Å². The summed E-state index contributed by atoms with van der Waals surface area (Å²) >= 11 is 5.34. The minimum absolute atomic E-state index is 0.977. The molecule has 3 rings (SSSR count). The average Bonchev–Trinajstić information content (AvgIpc) is 2.84. The van der Waals surface area contributed by atoms with E-state index < -0.39 is 0 Å². The van der Waals surface area contributed by atoms with E-state index in [-0.39, 0.29) is 0 Å². The van der Waals surface area contributed by atoms with Gasteiger partial charge in [0.1, 0.15) is 0 Å². The van der Waals surface area contributed by atoms with Gasteiger partial charge in [0.05, 0.1) is 0 Å². The van der Waals surface area contributed by atoms with E-state index in [1.165, 1.54) is 29.7 Å². The van der Waals surface area contributed by atoms with E-state index in [9.17, 15) is 0 Å². The third-order valence-electron chi connectivity index (χ3n) is 3.24. The number of aromatic nitrogens is 1. The number of benzene rings is 1. The predicted molar refractivity (Wildman–Crippen MR) is 80.0 cm³/mol. The van der Waals surface area contributed by atoms with Gasteiger partial charge >= 0.3 is 0 Å².